The van der Waals surface area contributed by atoms with Gasteiger partial charge < -0.3 is 24.6 Å². The molecule has 0 aliphatic carbocycles. The summed E-state index contributed by atoms with van der Waals surface area (Å²) in [6.45, 7) is 1.55. The number of alkyl halides is 3. The lowest BCUT2D eigenvalue weighted by Crippen LogP contribution is -2.42. The van der Waals surface area contributed by atoms with E-state index in [1.165, 1.54) is 10.8 Å². The highest BCUT2D eigenvalue weighted by Gasteiger charge is 2.35. The lowest BCUT2D eigenvalue weighted by atomic mass is 10.5. The zero-order valence-corrected chi connectivity index (χ0v) is 17.0. The average molecular weight is 458 g/mol. The first kappa shape index (κ1) is 21.7. The molecule has 148 valence electrons. The predicted molar refractivity (Wildman–Crippen MR) is 102 cm³/mol. The minimum atomic E-state index is -1.78. The number of carbonyl (C=O) groups is 1. The van der Waals surface area contributed by atoms with E-state index in [4.69, 9.17) is 44.0 Å². The van der Waals surface area contributed by atoms with Gasteiger partial charge in [-0.3, -0.25) is 0 Å². The van der Waals surface area contributed by atoms with Crippen molar-refractivity contribution in [1.29, 1.82) is 0 Å². The normalized spacial score (nSPS) is 12.6. The van der Waals surface area contributed by atoms with Crippen molar-refractivity contribution < 1.29 is 18.9 Å². The molecular formula is C14H15Cl3N4O5S. The zero-order chi connectivity index (χ0) is 20.0. The lowest BCUT2D eigenvalue weighted by molar-refractivity contribution is -0.392. The number of furan rings is 1. The van der Waals surface area contributed by atoms with Crippen molar-refractivity contribution in [3.8, 4) is 0 Å². The first-order valence-corrected chi connectivity index (χ1v) is 9.67. The van der Waals surface area contributed by atoms with Gasteiger partial charge in [0.05, 0.1) is 12.0 Å². The van der Waals surface area contributed by atoms with Crippen LogP contribution in [0.5, 0.6) is 0 Å². The van der Waals surface area contributed by atoms with E-state index < -0.39 is 20.2 Å². The standard InChI is InChI=1S/C14H15Cl3N4O5S/c1-9-18-7-11(21(23)24)20(9)4-6-26-13(22)19-12(14(15,16)17)27-8-10-3-2-5-25-10/h2-3,5,7,12H,4,6,8H2,1H3,(H,19,22). The first-order valence-electron chi connectivity index (χ1n) is 7.49. The Morgan fingerprint density at radius 3 is 2.89 bits per heavy atom. The van der Waals surface area contributed by atoms with Gasteiger partial charge in [0.15, 0.2) is 5.82 Å². The molecule has 0 bridgehead atoms. The number of aromatic nitrogens is 2. The summed E-state index contributed by atoms with van der Waals surface area (Å²) in [6.07, 6.45) is 1.83. The maximum absolute atomic E-state index is 12.0. The van der Waals surface area contributed by atoms with Gasteiger partial charge in [0.25, 0.3) is 0 Å². The van der Waals surface area contributed by atoms with Crippen LogP contribution < -0.4 is 5.32 Å². The fourth-order valence-corrected chi connectivity index (χ4v) is 3.63. The van der Waals surface area contributed by atoms with Crippen LogP contribution in [0.1, 0.15) is 11.6 Å². The number of nitro groups is 1. The van der Waals surface area contributed by atoms with Crippen molar-refractivity contribution in [1.82, 2.24) is 14.9 Å². The van der Waals surface area contributed by atoms with Gasteiger partial charge in [-0.25, -0.2) is 14.3 Å². The van der Waals surface area contributed by atoms with E-state index in [2.05, 4.69) is 10.3 Å². The molecular weight excluding hydrogens is 443 g/mol. The molecule has 1 atom stereocenters. The number of hydrogen-bond donors (Lipinski definition) is 1. The van der Waals surface area contributed by atoms with Crippen molar-refractivity contribution in [2.75, 3.05) is 6.61 Å². The molecule has 9 nitrogen and oxygen atoms in total. The summed E-state index contributed by atoms with van der Waals surface area (Å²) < 4.78 is 9.77. The van der Waals surface area contributed by atoms with Crippen molar-refractivity contribution in [3.63, 3.8) is 0 Å². The number of thioether (sulfide) groups is 1. The molecule has 0 radical (unpaired) electrons. The molecule has 0 aliphatic rings. The third-order valence-electron chi connectivity index (χ3n) is 3.29. The molecule has 2 rings (SSSR count). The van der Waals surface area contributed by atoms with Gasteiger partial charge in [0.1, 0.15) is 30.5 Å². The molecule has 1 unspecified atom stereocenters. The Kier molecular flexibility index (Phi) is 7.66. The Morgan fingerprint density at radius 2 is 2.30 bits per heavy atom. The molecule has 0 spiro atoms. The minimum Gasteiger partial charge on any atom is -0.468 e. The van der Waals surface area contributed by atoms with Crippen LogP contribution in [0.4, 0.5) is 10.6 Å². The van der Waals surface area contributed by atoms with Gasteiger partial charge >= 0.3 is 11.9 Å². The number of halogens is 3. The molecule has 1 N–H and O–H groups in total. The van der Waals surface area contributed by atoms with Crippen LogP contribution in [-0.2, 0) is 17.0 Å². The first-order chi connectivity index (χ1) is 12.7. The number of nitrogens with zero attached hydrogens (tertiary/aromatic N) is 3. The minimum absolute atomic E-state index is 0.0630. The largest absolute Gasteiger partial charge is 0.468 e. The number of imidazole rings is 1. The van der Waals surface area contributed by atoms with Crippen molar-refractivity contribution in [3.05, 3.63) is 46.3 Å². The van der Waals surface area contributed by atoms with Crippen LogP contribution >= 0.6 is 46.6 Å². The molecule has 1 amide bonds. The summed E-state index contributed by atoms with van der Waals surface area (Å²) in [4.78, 5) is 26.2. The van der Waals surface area contributed by atoms with Crippen molar-refractivity contribution in [2.24, 2.45) is 0 Å². The lowest BCUT2D eigenvalue weighted by Gasteiger charge is -2.24. The van der Waals surface area contributed by atoms with Gasteiger partial charge in [-0.15, -0.1) is 11.8 Å². The van der Waals surface area contributed by atoms with Crippen LogP contribution in [0.3, 0.4) is 0 Å². The van der Waals surface area contributed by atoms with E-state index in [0.717, 1.165) is 18.0 Å². The molecule has 0 fully saturated rings. The third kappa shape index (κ3) is 6.49. The summed E-state index contributed by atoms with van der Waals surface area (Å²) >= 11 is 18.8. The van der Waals surface area contributed by atoms with E-state index in [1.54, 1.807) is 19.1 Å². The van der Waals surface area contributed by atoms with Gasteiger partial charge in [-0.05, 0) is 17.1 Å². The number of rotatable bonds is 8. The smallest absolute Gasteiger partial charge is 0.408 e. The number of amides is 1. The number of carbonyl (C=O) groups excluding carboxylic acids is 1. The quantitative estimate of drug-likeness (QED) is 0.275. The average Bonchev–Trinajstić information content (AvgIpc) is 3.20. The Hall–Kier alpha value is -1.62. The van der Waals surface area contributed by atoms with Crippen LogP contribution in [0.25, 0.3) is 0 Å². The van der Waals surface area contributed by atoms with Gasteiger partial charge in [-0.2, -0.15) is 0 Å². The molecule has 2 heterocycles. The highest BCUT2D eigenvalue weighted by atomic mass is 35.6. The van der Waals surface area contributed by atoms with Crippen LogP contribution in [0.2, 0.25) is 0 Å². The van der Waals surface area contributed by atoms with Crippen LogP contribution in [0, 0.1) is 17.0 Å². The maximum Gasteiger partial charge on any atom is 0.408 e. The summed E-state index contributed by atoms with van der Waals surface area (Å²) in [5.74, 6) is 1.26. The molecule has 2 aromatic heterocycles. The second kappa shape index (κ2) is 9.54. The Labute approximate surface area is 173 Å². The summed E-state index contributed by atoms with van der Waals surface area (Å²) in [6, 6.07) is 3.47. The number of hydrogen-bond acceptors (Lipinski definition) is 7. The van der Waals surface area contributed by atoms with Crippen molar-refractivity contribution in [2.45, 2.75) is 28.4 Å². The van der Waals surface area contributed by atoms with Gasteiger partial charge in [0, 0.05) is 6.92 Å². The Bertz CT molecular complexity index is 778. The fraction of sp³-hybridized carbons (Fsp3) is 0.429. The molecule has 13 heteroatoms. The summed E-state index contributed by atoms with van der Waals surface area (Å²) in [5, 5.41) is 12.5. The van der Waals surface area contributed by atoms with Crippen LogP contribution in [-0.4, -0.2) is 36.3 Å². The maximum atomic E-state index is 12.0. The monoisotopic (exact) mass is 456 g/mol. The van der Waals surface area contributed by atoms with E-state index in [-0.39, 0.29) is 19.0 Å². The van der Waals surface area contributed by atoms with E-state index in [9.17, 15) is 14.9 Å². The predicted octanol–water partition coefficient (Wildman–Crippen LogP) is 4.05. The van der Waals surface area contributed by atoms with E-state index >= 15 is 0 Å². The Morgan fingerprint density at radius 1 is 1.56 bits per heavy atom. The fourth-order valence-electron chi connectivity index (χ4n) is 2.03. The molecule has 2 aromatic rings. The van der Waals surface area contributed by atoms with Crippen LogP contribution in [0.15, 0.2) is 29.0 Å². The molecule has 0 aliphatic heterocycles. The molecule has 0 aromatic carbocycles. The summed E-state index contributed by atoms with van der Waals surface area (Å²) in [7, 11) is 0. The highest BCUT2D eigenvalue weighted by Crippen LogP contribution is 2.37. The number of ether oxygens (including phenoxy) is 1. The van der Waals surface area contributed by atoms with Crippen molar-refractivity contribution >= 4 is 58.5 Å². The Balaban J connectivity index is 1.86. The second-order valence-electron chi connectivity index (χ2n) is 5.16. The van der Waals surface area contributed by atoms with Gasteiger partial charge in [0.2, 0.25) is 3.79 Å². The topological polar surface area (TPSA) is 112 Å². The van der Waals surface area contributed by atoms with E-state index in [0.29, 0.717) is 17.3 Å². The number of nitrogens with one attached hydrogen (secondary N) is 1. The molecule has 0 saturated carbocycles. The third-order valence-corrected chi connectivity index (χ3v) is 5.59. The second-order valence-corrected chi connectivity index (χ2v) is 8.63. The van der Waals surface area contributed by atoms with E-state index in [1.807, 2.05) is 0 Å². The number of aryl methyl sites for hydroxylation is 1. The number of alkyl carbamates (subject to hydrolysis) is 1. The molecule has 0 saturated heterocycles. The highest BCUT2D eigenvalue weighted by molar-refractivity contribution is 7.99. The zero-order valence-electron chi connectivity index (χ0n) is 13.9. The molecule has 27 heavy (non-hydrogen) atoms. The summed E-state index contributed by atoms with van der Waals surface area (Å²) in [5.41, 5.74) is 0. The SMILES string of the molecule is Cc1ncc([N+](=O)[O-])n1CCOC(=O)NC(SCc1ccco1)C(Cl)(Cl)Cl. The van der Waals surface area contributed by atoms with Gasteiger partial charge in [-0.1, -0.05) is 34.8 Å².